The molecule has 1 N–H and O–H groups in total. The van der Waals surface area contributed by atoms with E-state index in [9.17, 15) is 4.79 Å². The molecule has 2 rings (SSSR count). The van der Waals surface area contributed by atoms with Crippen molar-refractivity contribution in [3.63, 3.8) is 0 Å². The second-order valence-corrected chi connectivity index (χ2v) is 6.17. The Balaban J connectivity index is 2.24. The Morgan fingerprint density at radius 1 is 1.50 bits per heavy atom. The van der Waals surface area contributed by atoms with E-state index in [1.807, 2.05) is 34.6 Å². The molecule has 0 fully saturated rings. The normalized spacial score (nSPS) is 18.4. The number of H-pyrrole nitrogens is 1. The van der Waals surface area contributed by atoms with E-state index in [1.54, 1.807) is 11.2 Å². The van der Waals surface area contributed by atoms with E-state index in [4.69, 9.17) is 4.74 Å². The average molecular weight is 251 g/mol. The second kappa shape index (κ2) is 4.00. The van der Waals surface area contributed by atoms with Crippen molar-refractivity contribution in [3.8, 4) is 0 Å². The number of hydrogen-bond donors (Lipinski definition) is 1. The summed E-state index contributed by atoms with van der Waals surface area (Å²) in [7, 11) is 0. The summed E-state index contributed by atoms with van der Waals surface area (Å²) < 4.78 is 5.45. The number of nitrogens with one attached hydrogen (secondary N) is 1. The van der Waals surface area contributed by atoms with E-state index in [0.717, 1.165) is 17.8 Å². The minimum Gasteiger partial charge on any atom is -0.444 e. The molecule has 2 heterocycles. The lowest BCUT2D eigenvalue weighted by molar-refractivity contribution is -0.00123. The number of amides is 1. The van der Waals surface area contributed by atoms with Gasteiger partial charge in [0.1, 0.15) is 5.60 Å². The van der Waals surface area contributed by atoms with E-state index >= 15 is 0 Å². The largest absolute Gasteiger partial charge is 0.444 e. The zero-order chi connectivity index (χ0) is 13.6. The third kappa shape index (κ3) is 2.21. The van der Waals surface area contributed by atoms with Crippen molar-refractivity contribution >= 4 is 6.09 Å². The van der Waals surface area contributed by atoms with E-state index in [1.165, 1.54) is 0 Å². The van der Waals surface area contributed by atoms with Gasteiger partial charge in [-0.15, -0.1) is 0 Å². The van der Waals surface area contributed by atoms with Crippen LogP contribution >= 0.6 is 0 Å². The maximum Gasteiger partial charge on any atom is 0.411 e. The summed E-state index contributed by atoms with van der Waals surface area (Å²) in [6, 6.07) is 0. The summed E-state index contributed by atoms with van der Waals surface area (Å²) in [4.78, 5) is 21.4. The maximum atomic E-state index is 12.2. The highest BCUT2D eigenvalue weighted by atomic mass is 16.6. The van der Waals surface area contributed by atoms with E-state index in [-0.39, 0.29) is 6.09 Å². The smallest absolute Gasteiger partial charge is 0.411 e. The molecule has 0 aliphatic carbocycles. The van der Waals surface area contributed by atoms with Crippen LogP contribution in [0.25, 0.3) is 0 Å². The minimum absolute atomic E-state index is 0.277. The molecule has 0 radical (unpaired) electrons. The van der Waals surface area contributed by atoms with Gasteiger partial charge in [-0.3, -0.25) is 4.90 Å². The predicted octanol–water partition coefficient (Wildman–Crippen LogP) is 2.44. The lowest BCUT2D eigenvalue weighted by atomic mass is 9.91. The van der Waals surface area contributed by atoms with Gasteiger partial charge in [-0.2, -0.15) is 0 Å². The fourth-order valence-electron chi connectivity index (χ4n) is 2.31. The number of carbonyl (C=O) groups excluding carboxylic acids is 1. The van der Waals surface area contributed by atoms with Crippen LogP contribution in [0.1, 0.15) is 46.0 Å². The molecule has 0 unspecified atom stereocenters. The monoisotopic (exact) mass is 251 g/mol. The van der Waals surface area contributed by atoms with Crippen molar-refractivity contribution < 1.29 is 9.53 Å². The van der Waals surface area contributed by atoms with Gasteiger partial charge in [0.15, 0.2) is 0 Å². The summed E-state index contributed by atoms with van der Waals surface area (Å²) in [6.07, 6.45) is 2.20. The molecule has 100 valence electrons. The van der Waals surface area contributed by atoms with Gasteiger partial charge in [-0.25, -0.2) is 9.78 Å². The molecule has 1 aromatic heterocycles. The molecule has 0 aromatic carbocycles. The van der Waals surface area contributed by atoms with Crippen LogP contribution in [0.3, 0.4) is 0 Å². The fourth-order valence-corrected chi connectivity index (χ4v) is 2.31. The van der Waals surface area contributed by atoms with Gasteiger partial charge in [0.05, 0.1) is 17.6 Å². The van der Waals surface area contributed by atoms with Crippen LogP contribution in [-0.4, -0.2) is 33.1 Å². The highest BCUT2D eigenvalue weighted by molar-refractivity contribution is 5.70. The molecule has 1 aliphatic heterocycles. The summed E-state index contributed by atoms with van der Waals surface area (Å²) in [5.41, 5.74) is 1.13. The molecule has 5 nitrogen and oxygen atoms in total. The molecule has 0 spiro atoms. The SMILES string of the molecule is CC(C)(C)OC(=O)N1CCc2[nH]cnc2C1(C)C. The maximum absolute atomic E-state index is 12.2. The molecule has 1 aliphatic rings. The first-order chi connectivity index (χ1) is 8.22. The Bertz CT molecular complexity index is 457. The number of aromatic nitrogens is 2. The lowest BCUT2D eigenvalue weighted by Crippen LogP contribution is -2.51. The minimum atomic E-state index is -0.473. The van der Waals surface area contributed by atoms with Gasteiger partial charge in [0.25, 0.3) is 0 Å². The first-order valence-electron chi connectivity index (χ1n) is 6.25. The van der Waals surface area contributed by atoms with Gasteiger partial charge >= 0.3 is 6.09 Å². The van der Waals surface area contributed by atoms with Crippen LogP contribution in [0.4, 0.5) is 4.79 Å². The number of carbonyl (C=O) groups is 1. The van der Waals surface area contributed by atoms with E-state index in [2.05, 4.69) is 9.97 Å². The number of ether oxygens (including phenoxy) is 1. The van der Waals surface area contributed by atoms with Crippen LogP contribution in [0.5, 0.6) is 0 Å². The lowest BCUT2D eigenvalue weighted by Gasteiger charge is -2.41. The molecule has 1 amide bonds. The number of aromatic amines is 1. The zero-order valence-corrected chi connectivity index (χ0v) is 11.7. The van der Waals surface area contributed by atoms with Crippen molar-refractivity contribution in [2.24, 2.45) is 0 Å². The van der Waals surface area contributed by atoms with E-state index < -0.39 is 11.1 Å². The van der Waals surface area contributed by atoms with Gasteiger partial charge in [0, 0.05) is 18.7 Å². The van der Waals surface area contributed by atoms with Crippen LogP contribution in [0.15, 0.2) is 6.33 Å². The van der Waals surface area contributed by atoms with Crippen LogP contribution in [0, 0.1) is 0 Å². The molecule has 0 bridgehead atoms. The first kappa shape index (κ1) is 12.9. The quantitative estimate of drug-likeness (QED) is 0.770. The van der Waals surface area contributed by atoms with Crippen LogP contribution in [0.2, 0.25) is 0 Å². The van der Waals surface area contributed by atoms with Gasteiger partial charge < -0.3 is 9.72 Å². The van der Waals surface area contributed by atoms with Crippen molar-refractivity contribution in [2.75, 3.05) is 6.54 Å². The molecule has 0 saturated heterocycles. The highest BCUT2D eigenvalue weighted by Crippen LogP contribution is 2.33. The van der Waals surface area contributed by atoms with Gasteiger partial charge in [-0.1, -0.05) is 0 Å². The molecule has 1 aromatic rings. The third-order valence-electron chi connectivity index (χ3n) is 3.17. The Morgan fingerprint density at radius 3 is 2.78 bits per heavy atom. The molecular formula is C13H21N3O2. The van der Waals surface area contributed by atoms with Crippen molar-refractivity contribution in [3.05, 3.63) is 17.7 Å². The van der Waals surface area contributed by atoms with Gasteiger partial charge in [0.2, 0.25) is 0 Å². The summed E-state index contributed by atoms with van der Waals surface area (Å²) in [6.45, 7) is 10.3. The van der Waals surface area contributed by atoms with Crippen LogP contribution < -0.4 is 0 Å². The van der Waals surface area contributed by atoms with Gasteiger partial charge in [-0.05, 0) is 34.6 Å². The van der Waals surface area contributed by atoms with Crippen molar-refractivity contribution in [2.45, 2.75) is 52.2 Å². The topological polar surface area (TPSA) is 58.2 Å². The number of fused-ring (bicyclic) bond motifs is 1. The molecule has 5 heteroatoms. The highest BCUT2D eigenvalue weighted by Gasteiger charge is 2.41. The first-order valence-corrected chi connectivity index (χ1v) is 6.25. The number of hydrogen-bond acceptors (Lipinski definition) is 3. The molecule has 18 heavy (non-hydrogen) atoms. The van der Waals surface area contributed by atoms with E-state index in [0.29, 0.717) is 6.54 Å². The number of imidazole rings is 1. The average Bonchev–Trinajstić information content (AvgIpc) is 2.63. The Kier molecular flexibility index (Phi) is 2.87. The summed E-state index contributed by atoms with van der Waals surface area (Å²) >= 11 is 0. The molecule has 0 saturated carbocycles. The predicted molar refractivity (Wildman–Crippen MR) is 68.3 cm³/mol. The summed E-state index contributed by atoms with van der Waals surface area (Å²) in [5.74, 6) is 0. The summed E-state index contributed by atoms with van der Waals surface area (Å²) in [5, 5.41) is 0. The molecule has 0 atom stereocenters. The Morgan fingerprint density at radius 2 is 2.17 bits per heavy atom. The van der Waals surface area contributed by atoms with Crippen molar-refractivity contribution in [1.82, 2.24) is 14.9 Å². The standard InChI is InChI=1S/C13H21N3O2/c1-12(2,3)18-11(17)16-7-6-9-10(13(16,4)5)15-8-14-9/h8H,6-7H2,1-5H3,(H,14,15). The number of rotatable bonds is 0. The Labute approximate surface area is 108 Å². The van der Waals surface area contributed by atoms with Crippen LogP contribution in [-0.2, 0) is 16.7 Å². The molecular weight excluding hydrogens is 230 g/mol. The van der Waals surface area contributed by atoms with Crippen molar-refractivity contribution in [1.29, 1.82) is 0 Å². The third-order valence-corrected chi connectivity index (χ3v) is 3.17. The number of nitrogens with zero attached hydrogens (tertiary/aromatic N) is 2. The zero-order valence-electron chi connectivity index (χ0n) is 11.7. The second-order valence-electron chi connectivity index (χ2n) is 6.17. The Hall–Kier alpha value is -1.52. The fraction of sp³-hybridized carbons (Fsp3) is 0.692.